The minimum absolute atomic E-state index is 0.719. The first-order chi connectivity index (χ1) is 16.3. The van der Waals surface area contributed by atoms with Crippen molar-refractivity contribution in [1.29, 1.82) is 5.26 Å². The molecule has 166 valence electrons. The van der Waals surface area contributed by atoms with E-state index in [9.17, 15) is 0 Å². The molecule has 0 bridgehead atoms. The monoisotopic (exact) mass is 437 g/mol. The molecule has 4 heterocycles. The number of aromatic amines is 1. The molecule has 0 saturated carbocycles. The van der Waals surface area contributed by atoms with Gasteiger partial charge in [0.2, 0.25) is 5.95 Å². The normalized spacial score (nSPS) is 14.5. The first-order valence-electron chi connectivity index (χ1n) is 11.5. The zero-order valence-corrected chi connectivity index (χ0v) is 18.6. The van der Waals surface area contributed by atoms with Crippen LogP contribution in [0.4, 0.5) is 5.95 Å². The summed E-state index contributed by atoms with van der Waals surface area (Å²) in [7, 11) is 0. The molecule has 0 atom stereocenters. The number of piperazine rings is 1. The number of nitrogens with one attached hydrogen (secondary N) is 1. The number of pyridine rings is 1. The Morgan fingerprint density at radius 2 is 1.82 bits per heavy atom. The summed E-state index contributed by atoms with van der Waals surface area (Å²) in [6, 6.07) is 12.0. The molecule has 0 unspecified atom stereocenters. The van der Waals surface area contributed by atoms with E-state index in [1.165, 1.54) is 17.4 Å². The van der Waals surface area contributed by atoms with Gasteiger partial charge in [-0.15, -0.1) is 0 Å². The molecular weight excluding hydrogens is 410 g/mol. The minimum atomic E-state index is 0.719. The molecule has 0 radical (unpaired) electrons. The second kappa shape index (κ2) is 9.80. The van der Waals surface area contributed by atoms with Crippen LogP contribution in [0.3, 0.4) is 0 Å². The van der Waals surface area contributed by atoms with Crippen LogP contribution in [0, 0.1) is 11.3 Å². The molecule has 7 nitrogen and oxygen atoms in total. The second-order valence-electron chi connectivity index (χ2n) is 8.49. The van der Waals surface area contributed by atoms with Crippen molar-refractivity contribution in [1.82, 2.24) is 24.8 Å². The summed E-state index contributed by atoms with van der Waals surface area (Å²) in [6.45, 7) is 5.08. The first-order valence-corrected chi connectivity index (χ1v) is 11.5. The summed E-state index contributed by atoms with van der Waals surface area (Å²) in [4.78, 5) is 21.5. The second-order valence-corrected chi connectivity index (χ2v) is 8.49. The number of nitrogens with zero attached hydrogens (tertiary/aromatic N) is 6. The molecule has 1 N–H and O–H groups in total. The molecule has 1 aliphatic heterocycles. The Hall–Kier alpha value is -3.76. The predicted molar refractivity (Wildman–Crippen MR) is 130 cm³/mol. The Kier molecular flexibility index (Phi) is 6.27. The number of H-pyrrole nitrogens is 1. The average molecular weight is 438 g/mol. The number of anilines is 1. The molecule has 5 rings (SSSR count). The lowest BCUT2D eigenvalue weighted by Gasteiger charge is -2.34. The lowest BCUT2D eigenvalue weighted by atomic mass is 10.1. The summed E-state index contributed by atoms with van der Waals surface area (Å²) >= 11 is 0. The molecule has 7 heteroatoms. The summed E-state index contributed by atoms with van der Waals surface area (Å²) in [5.74, 6) is 0.804. The SMILES string of the molecule is N#Cc1ccc2[nH]cc(CCCCN3CCN(c4ncc(-c5cccnc5)cn4)CC3)c2c1. The van der Waals surface area contributed by atoms with E-state index in [1.807, 2.05) is 48.9 Å². The molecule has 1 aliphatic rings. The van der Waals surface area contributed by atoms with Gasteiger partial charge in [0.15, 0.2) is 0 Å². The number of nitriles is 1. The summed E-state index contributed by atoms with van der Waals surface area (Å²) in [5.41, 5.74) is 5.16. The molecular formula is C26H27N7. The van der Waals surface area contributed by atoms with Crippen LogP contribution in [0.25, 0.3) is 22.0 Å². The molecule has 4 aromatic rings. The highest BCUT2D eigenvalue weighted by Gasteiger charge is 2.18. The number of rotatable bonds is 7. The van der Waals surface area contributed by atoms with Gasteiger partial charge < -0.3 is 9.88 Å². The zero-order valence-electron chi connectivity index (χ0n) is 18.6. The van der Waals surface area contributed by atoms with Crippen molar-refractivity contribution in [3.8, 4) is 17.2 Å². The number of benzene rings is 1. The van der Waals surface area contributed by atoms with E-state index in [4.69, 9.17) is 5.26 Å². The van der Waals surface area contributed by atoms with E-state index < -0.39 is 0 Å². The Morgan fingerprint density at radius 3 is 2.58 bits per heavy atom. The number of fused-ring (bicyclic) bond motifs is 1. The van der Waals surface area contributed by atoms with Gasteiger partial charge in [-0.25, -0.2) is 9.97 Å². The fourth-order valence-electron chi connectivity index (χ4n) is 4.44. The van der Waals surface area contributed by atoms with Gasteiger partial charge in [0.1, 0.15) is 0 Å². The van der Waals surface area contributed by atoms with Gasteiger partial charge in [-0.1, -0.05) is 6.07 Å². The Balaban J connectivity index is 1.07. The van der Waals surface area contributed by atoms with Crippen molar-refractivity contribution in [3.05, 3.63) is 72.4 Å². The molecule has 0 aliphatic carbocycles. The fourth-order valence-corrected chi connectivity index (χ4v) is 4.44. The van der Waals surface area contributed by atoms with Crippen LogP contribution in [0.2, 0.25) is 0 Å². The molecule has 1 fully saturated rings. The number of hydrogen-bond acceptors (Lipinski definition) is 6. The maximum Gasteiger partial charge on any atom is 0.225 e. The third-order valence-corrected chi connectivity index (χ3v) is 6.36. The average Bonchev–Trinajstić information content (AvgIpc) is 3.29. The largest absolute Gasteiger partial charge is 0.361 e. The predicted octanol–water partition coefficient (Wildman–Crippen LogP) is 4.04. The van der Waals surface area contributed by atoms with E-state index in [0.29, 0.717) is 0 Å². The maximum atomic E-state index is 9.16. The van der Waals surface area contributed by atoms with E-state index in [2.05, 4.69) is 42.0 Å². The van der Waals surface area contributed by atoms with Gasteiger partial charge in [-0.2, -0.15) is 5.26 Å². The van der Waals surface area contributed by atoms with Crippen molar-refractivity contribution < 1.29 is 0 Å². The quantitative estimate of drug-likeness (QED) is 0.439. The highest BCUT2D eigenvalue weighted by molar-refractivity contribution is 5.84. The number of aryl methyl sites for hydroxylation is 1. The molecule has 33 heavy (non-hydrogen) atoms. The number of aromatic nitrogens is 4. The van der Waals surface area contributed by atoms with Crippen LogP contribution in [-0.2, 0) is 6.42 Å². The fraction of sp³-hybridized carbons (Fsp3) is 0.308. The number of hydrogen-bond donors (Lipinski definition) is 1. The molecule has 0 amide bonds. The molecule has 1 saturated heterocycles. The first kappa shape index (κ1) is 21.1. The topological polar surface area (TPSA) is 84.7 Å². The number of unbranched alkanes of at least 4 members (excludes halogenated alkanes) is 1. The van der Waals surface area contributed by atoms with E-state index >= 15 is 0 Å². The van der Waals surface area contributed by atoms with E-state index in [-0.39, 0.29) is 0 Å². The van der Waals surface area contributed by atoms with Crippen molar-refractivity contribution in [3.63, 3.8) is 0 Å². The van der Waals surface area contributed by atoms with Gasteiger partial charge in [0.25, 0.3) is 0 Å². The van der Waals surface area contributed by atoms with Gasteiger partial charge >= 0.3 is 0 Å². The van der Waals surface area contributed by atoms with E-state index in [0.717, 1.165) is 73.7 Å². The van der Waals surface area contributed by atoms with E-state index in [1.54, 1.807) is 6.20 Å². The lowest BCUT2D eigenvalue weighted by molar-refractivity contribution is 0.252. The summed E-state index contributed by atoms with van der Waals surface area (Å²) in [5, 5.41) is 10.3. The third kappa shape index (κ3) is 4.86. The highest BCUT2D eigenvalue weighted by atomic mass is 15.3. The molecule has 0 spiro atoms. The van der Waals surface area contributed by atoms with Gasteiger partial charge in [-0.3, -0.25) is 9.88 Å². The van der Waals surface area contributed by atoms with Crippen LogP contribution in [0.15, 0.2) is 61.3 Å². The van der Waals surface area contributed by atoms with Crippen LogP contribution in [0.5, 0.6) is 0 Å². The zero-order chi connectivity index (χ0) is 22.5. The third-order valence-electron chi connectivity index (χ3n) is 6.36. The van der Waals surface area contributed by atoms with Crippen LogP contribution in [-0.4, -0.2) is 57.6 Å². The highest BCUT2D eigenvalue weighted by Crippen LogP contribution is 2.22. The molecule has 3 aromatic heterocycles. The van der Waals surface area contributed by atoms with Gasteiger partial charge in [0.05, 0.1) is 11.6 Å². The van der Waals surface area contributed by atoms with Crippen molar-refractivity contribution in [2.45, 2.75) is 19.3 Å². The van der Waals surface area contributed by atoms with Crippen LogP contribution < -0.4 is 4.90 Å². The standard InChI is InChI=1S/C26H27N7/c27-15-20-6-7-25-24(14-20)22(17-29-25)4-1-2-9-32-10-12-33(13-11-32)26-30-18-23(19-31-26)21-5-3-8-28-16-21/h3,5-8,14,16-19,29H,1-2,4,9-13H2. The van der Waals surface area contributed by atoms with Crippen LogP contribution in [0.1, 0.15) is 24.0 Å². The van der Waals surface area contributed by atoms with Crippen molar-refractivity contribution in [2.75, 3.05) is 37.6 Å². The van der Waals surface area contributed by atoms with Crippen molar-refractivity contribution >= 4 is 16.9 Å². The smallest absolute Gasteiger partial charge is 0.225 e. The van der Waals surface area contributed by atoms with Gasteiger partial charge in [-0.05, 0) is 55.6 Å². The minimum Gasteiger partial charge on any atom is -0.361 e. The Morgan fingerprint density at radius 1 is 0.970 bits per heavy atom. The summed E-state index contributed by atoms with van der Waals surface area (Å²) in [6.07, 6.45) is 12.8. The maximum absolute atomic E-state index is 9.16. The van der Waals surface area contributed by atoms with Gasteiger partial charge in [0, 0.05) is 79.2 Å². The van der Waals surface area contributed by atoms with Crippen LogP contribution >= 0.6 is 0 Å². The Bertz CT molecular complexity index is 1230. The summed E-state index contributed by atoms with van der Waals surface area (Å²) < 4.78 is 0. The van der Waals surface area contributed by atoms with Crippen molar-refractivity contribution in [2.24, 2.45) is 0 Å². The lowest BCUT2D eigenvalue weighted by Crippen LogP contribution is -2.47. The molecule has 1 aromatic carbocycles. The Labute approximate surface area is 193 Å².